The van der Waals surface area contributed by atoms with Crippen LogP contribution in [0.25, 0.3) is 0 Å². The van der Waals surface area contributed by atoms with Crippen molar-refractivity contribution < 1.29 is 26.5 Å². The number of aromatic nitrogens is 2. The second kappa shape index (κ2) is 8.66. The molecule has 7 nitrogen and oxygen atoms in total. The van der Waals surface area contributed by atoms with Crippen LogP contribution in [0.4, 0.5) is 8.78 Å². The van der Waals surface area contributed by atoms with Gasteiger partial charge in [0.2, 0.25) is 10.0 Å². The number of hydrogen-bond donors (Lipinski definition) is 0. The second-order valence-electron chi connectivity index (χ2n) is 6.31. The molecule has 0 saturated carbocycles. The van der Waals surface area contributed by atoms with Gasteiger partial charge in [-0.1, -0.05) is 23.4 Å². The largest absolute Gasteiger partial charge is 0.481 e. The highest BCUT2D eigenvalue weighted by Gasteiger charge is 2.23. The van der Waals surface area contributed by atoms with Gasteiger partial charge in [-0.15, -0.1) is 0 Å². The van der Waals surface area contributed by atoms with E-state index >= 15 is 0 Å². The Bertz CT molecular complexity index is 1100. The minimum Gasteiger partial charge on any atom is -0.481 e. The molecule has 0 radical (unpaired) electrons. The molecule has 10 heteroatoms. The van der Waals surface area contributed by atoms with Crippen molar-refractivity contribution in [2.45, 2.75) is 24.8 Å². The van der Waals surface area contributed by atoms with Crippen molar-refractivity contribution in [2.24, 2.45) is 0 Å². The maximum atomic E-state index is 13.5. The van der Waals surface area contributed by atoms with Gasteiger partial charge >= 0.3 is 0 Å². The lowest BCUT2D eigenvalue weighted by atomic mass is 10.2. The summed E-state index contributed by atoms with van der Waals surface area (Å²) in [6.45, 7) is 1.54. The number of benzene rings is 2. The van der Waals surface area contributed by atoms with Crippen LogP contribution in [0.15, 0.2) is 51.9 Å². The third kappa shape index (κ3) is 4.96. The van der Waals surface area contributed by atoms with Crippen LogP contribution in [0.3, 0.4) is 0 Å². The van der Waals surface area contributed by atoms with Gasteiger partial charge in [0, 0.05) is 20.0 Å². The Hall–Kier alpha value is -2.85. The predicted octanol–water partition coefficient (Wildman–Crippen LogP) is 3.10. The molecule has 154 valence electrons. The first kappa shape index (κ1) is 20.9. The number of hydrogen-bond acceptors (Lipinski definition) is 6. The molecule has 0 saturated heterocycles. The first-order chi connectivity index (χ1) is 13.8. The van der Waals surface area contributed by atoms with Gasteiger partial charge in [0.05, 0.1) is 4.90 Å². The average molecular weight is 423 g/mol. The van der Waals surface area contributed by atoms with Crippen LogP contribution in [0.5, 0.6) is 5.75 Å². The molecule has 1 aromatic heterocycles. The maximum absolute atomic E-state index is 13.5. The van der Waals surface area contributed by atoms with E-state index in [2.05, 4.69) is 10.1 Å². The van der Waals surface area contributed by atoms with Crippen LogP contribution in [0.2, 0.25) is 0 Å². The van der Waals surface area contributed by atoms with Crippen molar-refractivity contribution in [3.63, 3.8) is 0 Å². The molecule has 0 atom stereocenters. The van der Waals surface area contributed by atoms with Gasteiger partial charge in [-0.25, -0.2) is 21.5 Å². The molecule has 0 N–H and O–H groups in total. The first-order valence-electron chi connectivity index (χ1n) is 8.68. The van der Waals surface area contributed by atoms with Crippen molar-refractivity contribution in [2.75, 3.05) is 13.6 Å². The number of halogens is 2. The predicted molar refractivity (Wildman–Crippen MR) is 99.7 cm³/mol. The molecule has 0 aliphatic heterocycles. The number of para-hydroxylation sites is 1. The first-order valence-corrected chi connectivity index (χ1v) is 10.1. The lowest BCUT2D eigenvalue weighted by Crippen LogP contribution is -2.29. The zero-order chi connectivity index (χ0) is 21.0. The molecule has 3 rings (SSSR count). The standard InChI is InChI=1S/C19H19F2N3O4S/c1-13-7-8-14(20)11-17(13)29(25,26)24(2)10-9-18-22-19(28-23-18)12-27-16-6-4-3-5-15(16)21/h3-8,11H,9-10,12H2,1-2H3. The molecule has 0 spiro atoms. The molecule has 0 fully saturated rings. The normalized spacial score (nSPS) is 11.8. The fraction of sp³-hybridized carbons (Fsp3) is 0.263. The molecular formula is C19H19F2N3O4S. The molecule has 2 aromatic carbocycles. The molecule has 0 bridgehead atoms. The number of ether oxygens (including phenoxy) is 1. The van der Waals surface area contributed by atoms with Gasteiger partial charge in [0.25, 0.3) is 5.89 Å². The lowest BCUT2D eigenvalue weighted by Gasteiger charge is -2.17. The van der Waals surface area contributed by atoms with Crippen molar-refractivity contribution in [1.82, 2.24) is 14.4 Å². The average Bonchev–Trinajstić information content (AvgIpc) is 3.15. The highest BCUT2D eigenvalue weighted by molar-refractivity contribution is 7.89. The zero-order valence-corrected chi connectivity index (χ0v) is 16.6. The quantitative estimate of drug-likeness (QED) is 0.554. The van der Waals surface area contributed by atoms with E-state index in [1.165, 1.54) is 31.3 Å². The number of likely N-dealkylation sites (N-methyl/N-ethyl adjacent to an activating group) is 1. The van der Waals surface area contributed by atoms with Crippen molar-refractivity contribution in [3.8, 4) is 5.75 Å². The summed E-state index contributed by atoms with van der Waals surface area (Å²) in [6.07, 6.45) is 0.174. The van der Waals surface area contributed by atoms with Crippen LogP contribution in [-0.2, 0) is 23.1 Å². The molecular weight excluding hydrogens is 404 g/mol. The highest BCUT2D eigenvalue weighted by atomic mass is 32.2. The summed E-state index contributed by atoms with van der Waals surface area (Å²) in [5, 5.41) is 3.77. The van der Waals surface area contributed by atoms with Gasteiger partial charge < -0.3 is 9.26 Å². The number of rotatable bonds is 8. The van der Waals surface area contributed by atoms with E-state index < -0.39 is 21.7 Å². The third-order valence-corrected chi connectivity index (χ3v) is 6.19. The molecule has 1 heterocycles. The van der Waals surface area contributed by atoms with Gasteiger partial charge in [-0.2, -0.15) is 4.98 Å². The van der Waals surface area contributed by atoms with E-state index in [9.17, 15) is 17.2 Å². The van der Waals surface area contributed by atoms with Crippen LogP contribution in [0.1, 0.15) is 17.3 Å². The van der Waals surface area contributed by atoms with Crippen LogP contribution < -0.4 is 4.74 Å². The summed E-state index contributed by atoms with van der Waals surface area (Å²) in [6, 6.07) is 9.53. The Morgan fingerprint density at radius 3 is 2.69 bits per heavy atom. The number of nitrogens with zero attached hydrogens (tertiary/aromatic N) is 3. The van der Waals surface area contributed by atoms with Gasteiger partial charge in [0.1, 0.15) is 5.82 Å². The molecule has 3 aromatic rings. The van der Waals surface area contributed by atoms with E-state index in [4.69, 9.17) is 9.26 Å². The fourth-order valence-electron chi connectivity index (χ4n) is 2.55. The second-order valence-corrected chi connectivity index (χ2v) is 8.32. The van der Waals surface area contributed by atoms with E-state index in [-0.39, 0.29) is 41.9 Å². The minimum atomic E-state index is -3.87. The summed E-state index contributed by atoms with van der Waals surface area (Å²) in [4.78, 5) is 4.02. The summed E-state index contributed by atoms with van der Waals surface area (Å²) in [5.74, 6) is -0.666. The topological polar surface area (TPSA) is 85.5 Å². The highest BCUT2D eigenvalue weighted by Crippen LogP contribution is 2.20. The molecule has 0 aliphatic carbocycles. The Morgan fingerprint density at radius 2 is 1.93 bits per heavy atom. The van der Waals surface area contributed by atoms with Crippen molar-refractivity contribution >= 4 is 10.0 Å². The molecule has 29 heavy (non-hydrogen) atoms. The van der Waals surface area contributed by atoms with Crippen LogP contribution in [-0.4, -0.2) is 36.5 Å². The van der Waals surface area contributed by atoms with E-state index in [0.717, 1.165) is 10.4 Å². The smallest absolute Gasteiger partial charge is 0.264 e. The maximum Gasteiger partial charge on any atom is 0.264 e. The van der Waals surface area contributed by atoms with Gasteiger partial charge in [0.15, 0.2) is 24.0 Å². The Morgan fingerprint density at radius 1 is 1.17 bits per heavy atom. The fourth-order valence-corrected chi connectivity index (χ4v) is 3.95. The number of aryl methyl sites for hydroxylation is 1. The third-order valence-electron chi connectivity index (χ3n) is 4.19. The Kier molecular flexibility index (Phi) is 6.23. The van der Waals surface area contributed by atoms with E-state index in [0.29, 0.717) is 5.56 Å². The summed E-state index contributed by atoms with van der Waals surface area (Å²) in [5.41, 5.74) is 0.449. The summed E-state index contributed by atoms with van der Waals surface area (Å²) < 4.78 is 63.7. The van der Waals surface area contributed by atoms with E-state index in [1.54, 1.807) is 19.1 Å². The molecule has 0 amide bonds. The van der Waals surface area contributed by atoms with Gasteiger partial charge in [-0.3, -0.25) is 0 Å². The van der Waals surface area contributed by atoms with Crippen molar-refractivity contribution in [1.29, 1.82) is 0 Å². The number of sulfonamides is 1. The monoisotopic (exact) mass is 423 g/mol. The zero-order valence-electron chi connectivity index (χ0n) is 15.8. The van der Waals surface area contributed by atoms with Crippen LogP contribution >= 0.6 is 0 Å². The lowest BCUT2D eigenvalue weighted by molar-refractivity contribution is 0.234. The Labute approximate surface area is 167 Å². The Balaban J connectivity index is 1.60. The SMILES string of the molecule is Cc1ccc(F)cc1S(=O)(=O)N(C)CCc1noc(COc2ccccc2F)n1. The summed E-state index contributed by atoms with van der Waals surface area (Å²) >= 11 is 0. The molecule has 0 aliphatic rings. The van der Waals surface area contributed by atoms with E-state index in [1.807, 2.05) is 0 Å². The molecule has 0 unspecified atom stereocenters. The van der Waals surface area contributed by atoms with Gasteiger partial charge in [-0.05, 0) is 36.8 Å². The van der Waals surface area contributed by atoms with Crippen LogP contribution in [0, 0.1) is 18.6 Å². The summed E-state index contributed by atoms with van der Waals surface area (Å²) in [7, 11) is -2.47. The minimum absolute atomic E-state index is 0.0588. The van der Waals surface area contributed by atoms with Crippen molar-refractivity contribution in [3.05, 3.63) is 71.4 Å².